The number of nitrogens with zero attached hydrogens (tertiary/aromatic N) is 1. The number of hydrogen-bond acceptors (Lipinski definition) is 7. The number of hydrogen-bond donors (Lipinski definition) is 2. The fourth-order valence-electron chi connectivity index (χ4n) is 1.86. The molecule has 0 aliphatic heterocycles. The summed E-state index contributed by atoms with van der Waals surface area (Å²) in [5.41, 5.74) is 6.24. The Morgan fingerprint density at radius 1 is 1.35 bits per heavy atom. The highest BCUT2D eigenvalue weighted by Crippen LogP contribution is 2.42. The van der Waals surface area contributed by atoms with Crippen LogP contribution in [0.2, 0.25) is 0 Å². The molecule has 0 atom stereocenters. The first-order chi connectivity index (χ1) is 9.58. The van der Waals surface area contributed by atoms with Gasteiger partial charge in [-0.05, 0) is 13.1 Å². The van der Waals surface area contributed by atoms with Crippen molar-refractivity contribution < 1.29 is 14.3 Å². The second kappa shape index (κ2) is 7.96. The monoisotopic (exact) mass is 301 g/mol. The van der Waals surface area contributed by atoms with Crippen LogP contribution in [0.15, 0.2) is 0 Å². The molecule has 1 heterocycles. The van der Waals surface area contributed by atoms with Crippen LogP contribution in [0.25, 0.3) is 0 Å². The van der Waals surface area contributed by atoms with E-state index in [0.717, 1.165) is 31.2 Å². The van der Waals surface area contributed by atoms with E-state index in [9.17, 15) is 4.79 Å². The molecule has 6 nitrogen and oxygen atoms in total. The lowest BCUT2D eigenvalue weighted by atomic mass is 10.3. The van der Waals surface area contributed by atoms with E-state index in [2.05, 4.69) is 24.1 Å². The van der Waals surface area contributed by atoms with Crippen LogP contribution in [0, 0.1) is 0 Å². The maximum Gasteiger partial charge on any atom is 0.350 e. The maximum atomic E-state index is 11.6. The molecular formula is C13H23N3O3S. The first kappa shape index (κ1) is 16.6. The second-order valence-electron chi connectivity index (χ2n) is 4.15. The molecule has 0 spiro atoms. The zero-order valence-electron chi connectivity index (χ0n) is 12.5. The van der Waals surface area contributed by atoms with Crippen LogP contribution in [0.3, 0.4) is 0 Å². The van der Waals surface area contributed by atoms with Crippen molar-refractivity contribution in [2.24, 2.45) is 0 Å². The Morgan fingerprint density at radius 3 is 2.50 bits per heavy atom. The molecule has 114 valence electrons. The third-order valence-corrected chi connectivity index (χ3v) is 4.21. The molecule has 0 unspecified atom stereocenters. The number of rotatable bonds is 8. The summed E-state index contributed by atoms with van der Waals surface area (Å²) in [5.74, 6) is 0.0672. The lowest BCUT2D eigenvalue weighted by Gasteiger charge is -2.18. The molecule has 7 heteroatoms. The highest BCUT2D eigenvalue weighted by atomic mass is 32.1. The molecule has 20 heavy (non-hydrogen) atoms. The van der Waals surface area contributed by atoms with E-state index in [0.29, 0.717) is 16.3 Å². The van der Waals surface area contributed by atoms with Gasteiger partial charge in [0.2, 0.25) is 0 Å². The maximum absolute atomic E-state index is 11.6. The number of nitrogens with two attached hydrogens (primary N) is 1. The zero-order valence-corrected chi connectivity index (χ0v) is 13.3. The summed E-state index contributed by atoms with van der Waals surface area (Å²) in [5, 5.41) is 4.03. The van der Waals surface area contributed by atoms with E-state index in [1.807, 2.05) is 0 Å². The molecule has 1 aromatic heterocycles. The van der Waals surface area contributed by atoms with Crippen LogP contribution in [-0.4, -0.2) is 51.3 Å². The first-order valence-corrected chi connectivity index (χ1v) is 7.41. The molecule has 0 saturated carbocycles. The number of nitrogens with one attached hydrogen (secondary N) is 1. The van der Waals surface area contributed by atoms with Crippen LogP contribution in [0.4, 0.5) is 10.7 Å². The normalized spacial score (nSPS) is 10.7. The number of carbonyl (C=O) groups excluding carboxylic acids is 1. The van der Waals surface area contributed by atoms with Crippen LogP contribution in [-0.2, 0) is 4.74 Å². The minimum atomic E-state index is -0.442. The van der Waals surface area contributed by atoms with E-state index in [4.69, 9.17) is 15.2 Å². The Balaban J connectivity index is 2.77. The van der Waals surface area contributed by atoms with Crippen molar-refractivity contribution in [1.29, 1.82) is 0 Å². The third-order valence-electron chi connectivity index (χ3n) is 3.08. The number of thiophene rings is 1. The molecule has 0 saturated heterocycles. The number of esters is 1. The summed E-state index contributed by atoms with van der Waals surface area (Å²) < 4.78 is 9.97. The lowest BCUT2D eigenvalue weighted by Crippen LogP contribution is -2.28. The minimum Gasteiger partial charge on any atom is -0.492 e. The molecular weight excluding hydrogens is 278 g/mol. The van der Waals surface area contributed by atoms with Crippen molar-refractivity contribution in [1.82, 2.24) is 4.90 Å². The smallest absolute Gasteiger partial charge is 0.350 e. The number of anilines is 2. The quantitative estimate of drug-likeness (QED) is 0.714. The molecule has 0 radical (unpaired) electrons. The van der Waals surface area contributed by atoms with Gasteiger partial charge in [-0.3, -0.25) is 0 Å². The molecule has 1 aromatic rings. The van der Waals surface area contributed by atoms with E-state index < -0.39 is 5.97 Å². The fraction of sp³-hybridized carbons (Fsp3) is 0.615. The molecule has 0 amide bonds. The van der Waals surface area contributed by atoms with Gasteiger partial charge in [0.05, 0.1) is 14.2 Å². The first-order valence-electron chi connectivity index (χ1n) is 6.59. The third kappa shape index (κ3) is 3.77. The predicted octanol–water partition coefficient (Wildman–Crippen LogP) is 1.88. The molecule has 1 rings (SSSR count). The van der Waals surface area contributed by atoms with Gasteiger partial charge in [0, 0.05) is 13.1 Å². The van der Waals surface area contributed by atoms with Crippen LogP contribution in [0.1, 0.15) is 23.5 Å². The Kier molecular flexibility index (Phi) is 6.60. The molecule has 3 N–H and O–H groups in total. The SMILES string of the molecule is CCN(CC)CCNc1sc(C(=O)OC)c(N)c1OC. The summed E-state index contributed by atoms with van der Waals surface area (Å²) >= 11 is 1.26. The lowest BCUT2D eigenvalue weighted by molar-refractivity contribution is 0.0607. The van der Waals surface area contributed by atoms with Crippen molar-refractivity contribution >= 4 is 28.0 Å². The fourth-order valence-corrected chi connectivity index (χ4v) is 2.89. The molecule has 0 aromatic carbocycles. The van der Waals surface area contributed by atoms with Gasteiger partial charge >= 0.3 is 5.97 Å². The Labute approximate surface area is 123 Å². The number of methoxy groups -OCH3 is 2. The summed E-state index contributed by atoms with van der Waals surface area (Å²) in [7, 11) is 2.87. The average molecular weight is 301 g/mol. The van der Waals surface area contributed by atoms with E-state index >= 15 is 0 Å². The van der Waals surface area contributed by atoms with Crippen LogP contribution < -0.4 is 15.8 Å². The average Bonchev–Trinajstić information content (AvgIpc) is 2.79. The van der Waals surface area contributed by atoms with Gasteiger partial charge in [0.1, 0.15) is 15.6 Å². The van der Waals surface area contributed by atoms with Gasteiger partial charge in [0.15, 0.2) is 5.75 Å². The summed E-state index contributed by atoms with van der Waals surface area (Å²) in [6, 6.07) is 0. The topological polar surface area (TPSA) is 76.8 Å². The summed E-state index contributed by atoms with van der Waals surface area (Å²) in [6.07, 6.45) is 0. The Bertz CT molecular complexity index is 444. The highest BCUT2D eigenvalue weighted by Gasteiger charge is 2.22. The standard InChI is InChI=1S/C13H23N3O3S/c1-5-16(6-2)8-7-15-12-10(18-3)9(14)11(20-12)13(17)19-4/h15H,5-8,14H2,1-4H3. The van der Waals surface area contributed by atoms with Gasteiger partial charge in [0.25, 0.3) is 0 Å². The van der Waals surface area contributed by atoms with Gasteiger partial charge in [-0.2, -0.15) is 0 Å². The number of ether oxygens (including phenoxy) is 2. The van der Waals surface area contributed by atoms with Gasteiger partial charge < -0.3 is 25.4 Å². The summed E-state index contributed by atoms with van der Waals surface area (Å²) in [4.78, 5) is 14.3. The van der Waals surface area contributed by atoms with E-state index in [-0.39, 0.29) is 0 Å². The van der Waals surface area contributed by atoms with Gasteiger partial charge in [-0.25, -0.2) is 4.79 Å². The Morgan fingerprint density at radius 2 is 2.00 bits per heavy atom. The van der Waals surface area contributed by atoms with E-state index in [1.54, 1.807) is 0 Å². The Hall–Kier alpha value is -1.47. The zero-order chi connectivity index (χ0) is 15.1. The van der Waals surface area contributed by atoms with Crippen molar-refractivity contribution in [2.75, 3.05) is 51.4 Å². The van der Waals surface area contributed by atoms with Crippen molar-refractivity contribution in [2.45, 2.75) is 13.8 Å². The molecule has 0 fully saturated rings. The van der Waals surface area contributed by atoms with Crippen LogP contribution >= 0.6 is 11.3 Å². The predicted molar refractivity (Wildman–Crippen MR) is 82.9 cm³/mol. The van der Waals surface area contributed by atoms with Gasteiger partial charge in [-0.1, -0.05) is 13.8 Å². The van der Waals surface area contributed by atoms with Crippen LogP contribution in [0.5, 0.6) is 5.75 Å². The van der Waals surface area contributed by atoms with Gasteiger partial charge in [-0.15, -0.1) is 11.3 Å². The van der Waals surface area contributed by atoms with Crippen molar-refractivity contribution in [3.05, 3.63) is 4.88 Å². The molecule has 0 bridgehead atoms. The minimum absolute atomic E-state index is 0.328. The molecule has 0 aliphatic rings. The van der Waals surface area contributed by atoms with Crippen molar-refractivity contribution in [3.8, 4) is 5.75 Å². The number of nitrogen functional groups attached to an aromatic ring is 1. The highest BCUT2D eigenvalue weighted by molar-refractivity contribution is 7.19. The van der Waals surface area contributed by atoms with E-state index in [1.165, 1.54) is 25.6 Å². The second-order valence-corrected chi connectivity index (χ2v) is 5.17. The summed E-state index contributed by atoms with van der Waals surface area (Å²) in [6.45, 7) is 7.95. The molecule has 0 aliphatic carbocycles. The largest absolute Gasteiger partial charge is 0.492 e. The van der Waals surface area contributed by atoms with Crippen molar-refractivity contribution in [3.63, 3.8) is 0 Å². The number of carbonyl (C=O) groups is 1. The number of likely N-dealkylation sites (N-methyl/N-ethyl adjacent to an activating group) is 1.